The second kappa shape index (κ2) is 7.27. The van der Waals surface area contributed by atoms with E-state index in [9.17, 15) is 9.59 Å². The van der Waals surface area contributed by atoms with Crippen LogP contribution in [0.4, 0.5) is 10.8 Å². The molecule has 3 rings (SSSR count). The average molecular weight is 365 g/mol. The maximum atomic E-state index is 12.3. The van der Waals surface area contributed by atoms with Gasteiger partial charge in [0, 0.05) is 36.0 Å². The van der Waals surface area contributed by atoms with Gasteiger partial charge in [0.25, 0.3) is 0 Å². The first kappa shape index (κ1) is 16.9. The number of amides is 2. The first-order valence-corrected chi connectivity index (χ1v) is 8.95. The number of carbonyl (C=O) groups is 2. The molecule has 1 atom stereocenters. The van der Waals surface area contributed by atoms with E-state index >= 15 is 0 Å². The largest absolute Gasteiger partial charge is 0.312 e. The molecule has 6 nitrogen and oxygen atoms in total. The molecule has 2 heterocycles. The molecule has 1 unspecified atom stereocenters. The summed E-state index contributed by atoms with van der Waals surface area (Å²) in [4.78, 5) is 25.6. The zero-order valence-corrected chi connectivity index (χ0v) is 14.7. The minimum absolute atomic E-state index is 0.0116. The number of anilines is 2. The van der Waals surface area contributed by atoms with Crippen molar-refractivity contribution < 1.29 is 9.59 Å². The van der Waals surface area contributed by atoms with Crippen LogP contribution < -0.4 is 10.2 Å². The maximum Gasteiger partial charge on any atom is 0.227 e. The van der Waals surface area contributed by atoms with Gasteiger partial charge in [-0.3, -0.25) is 9.59 Å². The molecule has 2 amide bonds. The quantitative estimate of drug-likeness (QED) is 0.881. The Labute approximate surface area is 148 Å². The summed E-state index contributed by atoms with van der Waals surface area (Å²) in [5, 5.41) is 12.8. The Kier molecular flexibility index (Phi) is 5.11. The summed E-state index contributed by atoms with van der Waals surface area (Å²) in [5.74, 6) is -0.0258. The highest BCUT2D eigenvalue weighted by atomic mass is 35.5. The number of hydrogen-bond acceptors (Lipinski definition) is 5. The molecule has 0 saturated carbocycles. The Morgan fingerprint density at radius 2 is 2.12 bits per heavy atom. The minimum atomic E-state index is -0.0644. The van der Waals surface area contributed by atoms with Gasteiger partial charge in [-0.2, -0.15) is 0 Å². The van der Waals surface area contributed by atoms with E-state index in [-0.39, 0.29) is 17.7 Å². The normalized spacial score (nSPS) is 17.3. The Morgan fingerprint density at radius 3 is 2.83 bits per heavy atom. The third kappa shape index (κ3) is 3.73. The van der Waals surface area contributed by atoms with Crippen molar-refractivity contribution in [3.63, 3.8) is 0 Å². The lowest BCUT2D eigenvalue weighted by molar-refractivity contribution is -0.117. The molecule has 0 aliphatic carbocycles. The standard InChI is InChI=1S/C16H17ClN4O2S/c1-2-3-13(22)18-16-20-19-15(24-16)10-8-14(23)21(9-10)12-6-4-11(17)5-7-12/h4-7,10H,2-3,8-9H2,1H3,(H,18,20,22). The summed E-state index contributed by atoms with van der Waals surface area (Å²) in [6.45, 7) is 2.50. The second-order valence-electron chi connectivity index (χ2n) is 5.63. The lowest BCUT2D eigenvalue weighted by Crippen LogP contribution is -2.24. The fraction of sp³-hybridized carbons (Fsp3) is 0.375. The Hall–Kier alpha value is -1.99. The van der Waals surface area contributed by atoms with E-state index in [1.54, 1.807) is 17.0 Å². The highest BCUT2D eigenvalue weighted by molar-refractivity contribution is 7.15. The van der Waals surface area contributed by atoms with Gasteiger partial charge < -0.3 is 10.2 Å². The van der Waals surface area contributed by atoms with E-state index in [0.717, 1.165) is 17.1 Å². The van der Waals surface area contributed by atoms with Crippen LogP contribution in [0.3, 0.4) is 0 Å². The Balaban J connectivity index is 1.68. The number of carbonyl (C=O) groups excluding carboxylic acids is 2. The third-order valence-electron chi connectivity index (χ3n) is 3.78. The molecule has 8 heteroatoms. The molecule has 126 valence electrons. The van der Waals surface area contributed by atoms with Crippen LogP contribution in [0.15, 0.2) is 24.3 Å². The molecule has 1 aliphatic rings. The maximum absolute atomic E-state index is 12.3. The fourth-order valence-corrected chi connectivity index (χ4v) is 3.58. The SMILES string of the molecule is CCCC(=O)Nc1nnc(C2CC(=O)N(c3ccc(Cl)cc3)C2)s1. The molecule has 1 aromatic carbocycles. The predicted molar refractivity (Wildman–Crippen MR) is 94.6 cm³/mol. The van der Waals surface area contributed by atoms with Gasteiger partial charge in [-0.1, -0.05) is 29.9 Å². The van der Waals surface area contributed by atoms with Gasteiger partial charge in [-0.25, -0.2) is 0 Å². The van der Waals surface area contributed by atoms with Crippen LogP contribution in [0.25, 0.3) is 0 Å². The topological polar surface area (TPSA) is 75.2 Å². The van der Waals surface area contributed by atoms with Crippen molar-refractivity contribution in [2.75, 3.05) is 16.8 Å². The summed E-state index contributed by atoms with van der Waals surface area (Å²) in [5.41, 5.74) is 0.827. The zero-order valence-electron chi connectivity index (χ0n) is 13.2. The fourth-order valence-electron chi connectivity index (χ4n) is 2.60. The summed E-state index contributed by atoms with van der Waals surface area (Å²) in [6.07, 6.45) is 1.63. The average Bonchev–Trinajstić information content (AvgIpc) is 3.15. The molecular weight excluding hydrogens is 348 g/mol. The summed E-state index contributed by atoms with van der Waals surface area (Å²) < 4.78 is 0. The van der Waals surface area contributed by atoms with Crippen molar-refractivity contribution in [1.82, 2.24) is 10.2 Å². The second-order valence-corrected chi connectivity index (χ2v) is 7.07. The molecule has 1 aromatic heterocycles. The molecule has 0 radical (unpaired) electrons. The number of rotatable bonds is 5. The smallest absolute Gasteiger partial charge is 0.227 e. The van der Waals surface area contributed by atoms with E-state index in [4.69, 9.17) is 11.6 Å². The molecule has 1 saturated heterocycles. The number of nitrogens with one attached hydrogen (secondary N) is 1. The summed E-state index contributed by atoms with van der Waals surface area (Å²) >= 11 is 7.22. The number of halogens is 1. The minimum Gasteiger partial charge on any atom is -0.312 e. The van der Waals surface area contributed by atoms with Gasteiger partial charge in [0.1, 0.15) is 5.01 Å². The Bertz CT molecular complexity index is 747. The molecule has 1 N–H and O–H groups in total. The van der Waals surface area contributed by atoms with Crippen molar-refractivity contribution in [1.29, 1.82) is 0 Å². The van der Waals surface area contributed by atoms with Crippen LogP contribution in [0.1, 0.15) is 37.1 Å². The number of nitrogens with zero attached hydrogens (tertiary/aromatic N) is 3. The van der Waals surface area contributed by atoms with Crippen molar-refractivity contribution in [3.8, 4) is 0 Å². The van der Waals surface area contributed by atoms with Gasteiger partial charge in [0.05, 0.1) is 0 Å². The van der Waals surface area contributed by atoms with E-state index in [2.05, 4.69) is 15.5 Å². The van der Waals surface area contributed by atoms with Crippen LogP contribution in [0, 0.1) is 0 Å². The number of aromatic nitrogens is 2. The molecular formula is C16H17ClN4O2S. The molecule has 0 spiro atoms. The van der Waals surface area contributed by atoms with Crippen molar-refractivity contribution in [3.05, 3.63) is 34.3 Å². The number of hydrogen-bond donors (Lipinski definition) is 1. The van der Waals surface area contributed by atoms with Crippen molar-refractivity contribution in [2.24, 2.45) is 0 Å². The van der Waals surface area contributed by atoms with E-state index < -0.39 is 0 Å². The van der Waals surface area contributed by atoms with Crippen LogP contribution in [-0.4, -0.2) is 28.6 Å². The number of benzene rings is 1. The molecule has 0 bridgehead atoms. The van der Waals surface area contributed by atoms with Crippen molar-refractivity contribution >= 4 is 45.6 Å². The zero-order chi connectivity index (χ0) is 17.1. The lowest BCUT2D eigenvalue weighted by Gasteiger charge is -2.16. The third-order valence-corrected chi connectivity index (χ3v) is 5.03. The highest BCUT2D eigenvalue weighted by Crippen LogP contribution is 2.34. The van der Waals surface area contributed by atoms with Gasteiger partial charge in [0.2, 0.25) is 16.9 Å². The van der Waals surface area contributed by atoms with E-state index in [0.29, 0.717) is 29.5 Å². The molecule has 2 aromatic rings. The summed E-state index contributed by atoms with van der Waals surface area (Å²) in [7, 11) is 0. The van der Waals surface area contributed by atoms with Gasteiger partial charge in [-0.15, -0.1) is 10.2 Å². The molecule has 1 aliphatic heterocycles. The predicted octanol–water partition coefficient (Wildman–Crippen LogP) is 3.45. The van der Waals surface area contributed by atoms with Gasteiger partial charge in [0.15, 0.2) is 0 Å². The molecule has 24 heavy (non-hydrogen) atoms. The first-order valence-electron chi connectivity index (χ1n) is 7.76. The van der Waals surface area contributed by atoms with E-state index in [1.807, 2.05) is 19.1 Å². The van der Waals surface area contributed by atoms with Crippen LogP contribution in [-0.2, 0) is 9.59 Å². The first-order chi connectivity index (χ1) is 11.6. The molecule has 1 fully saturated rings. The van der Waals surface area contributed by atoms with Gasteiger partial charge in [-0.05, 0) is 30.7 Å². The highest BCUT2D eigenvalue weighted by Gasteiger charge is 2.33. The van der Waals surface area contributed by atoms with Crippen LogP contribution in [0.2, 0.25) is 5.02 Å². The Morgan fingerprint density at radius 1 is 1.38 bits per heavy atom. The monoisotopic (exact) mass is 364 g/mol. The van der Waals surface area contributed by atoms with Crippen molar-refractivity contribution in [2.45, 2.75) is 32.1 Å². The summed E-state index contributed by atoms with van der Waals surface area (Å²) in [6, 6.07) is 7.20. The lowest BCUT2D eigenvalue weighted by atomic mass is 10.1. The van der Waals surface area contributed by atoms with E-state index in [1.165, 1.54) is 11.3 Å². The van der Waals surface area contributed by atoms with Crippen LogP contribution in [0.5, 0.6) is 0 Å². The van der Waals surface area contributed by atoms with Crippen LogP contribution >= 0.6 is 22.9 Å². The van der Waals surface area contributed by atoms with Gasteiger partial charge >= 0.3 is 0 Å².